The Morgan fingerprint density at radius 2 is 1.53 bits per heavy atom. The van der Waals surface area contributed by atoms with Gasteiger partial charge < -0.3 is 19.5 Å². The van der Waals surface area contributed by atoms with Crippen LogP contribution >= 0.6 is 19.2 Å². The van der Waals surface area contributed by atoms with Crippen molar-refractivity contribution in [3.63, 3.8) is 0 Å². The number of carboxylic acids is 1. The Bertz CT molecular complexity index is 891. The molecule has 0 radical (unpaired) electrons. The van der Waals surface area contributed by atoms with E-state index in [0.29, 0.717) is 16.1 Å². The van der Waals surface area contributed by atoms with E-state index in [0.717, 1.165) is 5.56 Å². The number of amides is 1. The van der Waals surface area contributed by atoms with Crippen molar-refractivity contribution in [3.05, 3.63) is 70.2 Å². The van der Waals surface area contributed by atoms with E-state index in [1.54, 1.807) is 62.4 Å². The smallest absolute Gasteiger partial charge is 0.335 e. The maximum Gasteiger partial charge on any atom is 0.335 e. The number of aliphatic carboxylic acids is 1. The van der Waals surface area contributed by atoms with E-state index in [1.807, 2.05) is 0 Å². The highest BCUT2D eigenvalue weighted by Gasteiger charge is 2.25. The zero-order valence-electron chi connectivity index (χ0n) is 16.8. The SMILES string of the molecule is CCOP(=O)(Cc1ccc(C(=O)N[C@H](Cc2ccc(Cl)cc2)C(=O)O)cc1)OCC. The molecular weight excluding hydrogens is 429 g/mol. The zero-order chi connectivity index (χ0) is 22.1. The van der Waals surface area contributed by atoms with Crippen molar-refractivity contribution >= 4 is 31.1 Å². The minimum absolute atomic E-state index is 0.0882. The maximum absolute atomic E-state index is 12.6. The fraction of sp³-hybridized carbons (Fsp3) is 0.333. The summed E-state index contributed by atoms with van der Waals surface area (Å²) < 4.78 is 23.2. The lowest BCUT2D eigenvalue weighted by Crippen LogP contribution is -2.42. The van der Waals surface area contributed by atoms with Crippen molar-refractivity contribution in [2.75, 3.05) is 13.2 Å². The fourth-order valence-corrected chi connectivity index (χ4v) is 4.63. The Morgan fingerprint density at radius 3 is 2.03 bits per heavy atom. The van der Waals surface area contributed by atoms with E-state index in [1.165, 1.54) is 0 Å². The summed E-state index contributed by atoms with van der Waals surface area (Å²) in [5, 5.41) is 12.5. The number of halogens is 1. The molecule has 0 saturated carbocycles. The van der Waals surface area contributed by atoms with E-state index < -0.39 is 25.5 Å². The number of nitrogens with one attached hydrogen (secondary N) is 1. The third kappa shape index (κ3) is 7.26. The fourth-order valence-electron chi connectivity index (χ4n) is 2.80. The lowest BCUT2D eigenvalue weighted by Gasteiger charge is -2.17. The number of hydrogen-bond donors (Lipinski definition) is 2. The number of hydrogen-bond acceptors (Lipinski definition) is 5. The first-order valence-corrected chi connectivity index (χ1v) is 11.6. The molecule has 0 aliphatic rings. The molecule has 30 heavy (non-hydrogen) atoms. The molecule has 2 aromatic rings. The van der Waals surface area contributed by atoms with Crippen LogP contribution in [0.1, 0.15) is 35.3 Å². The molecule has 1 atom stereocenters. The largest absolute Gasteiger partial charge is 0.480 e. The van der Waals surface area contributed by atoms with E-state index in [2.05, 4.69) is 5.32 Å². The van der Waals surface area contributed by atoms with Gasteiger partial charge in [0.25, 0.3) is 5.91 Å². The molecule has 0 saturated heterocycles. The molecule has 0 fully saturated rings. The Kier molecular flexibility index (Phi) is 9.06. The van der Waals surface area contributed by atoms with Crippen LogP contribution in [-0.4, -0.2) is 36.2 Å². The number of carbonyl (C=O) groups excluding carboxylic acids is 1. The van der Waals surface area contributed by atoms with E-state index in [9.17, 15) is 19.3 Å². The molecule has 0 bridgehead atoms. The monoisotopic (exact) mass is 453 g/mol. The van der Waals surface area contributed by atoms with Crippen LogP contribution in [0.3, 0.4) is 0 Å². The summed E-state index contributed by atoms with van der Waals surface area (Å²) in [4.78, 5) is 24.1. The minimum atomic E-state index is -3.25. The summed E-state index contributed by atoms with van der Waals surface area (Å²) in [5.74, 6) is -1.65. The molecule has 0 aliphatic heterocycles. The van der Waals surface area contributed by atoms with Gasteiger partial charge in [-0.2, -0.15) is 0 Å². The Balaban J connectivity index is 2.05. The number of rotatable bonds is 11. The maximum atomic E-state index is 12.6. The average molecular weight is 454 g/mol. The lowest BCUT2D eigenvalue weighted by atomic mass is 10.1. The molecular formula is C21H25ClNO6P. The first-order chi connectivity index (χ1) is 14.3. The molecule has 0 heterocycles. The van der Waals surface area contributed by atoms with Gasteiger partial charge in [-0.05, 0) is 49.2 Å². The van der Waals surface area contributed by atoms with Gasteiger partial charge in [-0.25, -0.2) is 4.79 Å². The minimum Gasteiger partial charge on any atom is -0.480 e. The van der Waals surface area contributed by atoms with Crippen molar-refractivity contribution in [3.8, 4) is 0 Å². The summed E-state index contributed by atoms with van der Waals surface area (Å²) in [6.45, 7) is 4.01. The van der Waals surface area contributed by atoms with E-state index in [-0.39, 0.29) is 25.8 Å². The van der Waals surface area contributed by atoms with Crippen LogP contribution in [0.4, 0.5) is 0 Å². The molecule has 162 valence electrons. The van der Waals surface area contributed by atoms with Crippen molar-refractivity contribution in [1.29, 1.82) is 0 Å². The molecule has 1 amide bonds. The van der Waals surface area contributed by atoms with Gasteiger partial charge in [0, 0.05) is 17.0 Å². The van der Waals surface area contributed by atoms with Gasteiger partial charge in [0.15, 0.2) is 0 Å². The molecule has 2 N–H and O–H groups in total. The van der Waals surface area contributed by atoms with Crippen LogP contribution in [0, 0.1) is 0 Å². The highest BCUT2D eigenvalue weighted by Crippen LogP contribution is 2.51. The van der Waals surface area contributed by atoms with Gasteiger partial charge in [-0.15, -0.1) is 0 Å². The third-order valence-electron chi connectivity index (χ3n) is 4.20. The first kappa shape index (κ1) is 24.1. The molecule has 9 heteroatoms. The summed E-state index contributed by atoms with van der Waals surface area (Å²) in [7, 11) is -3.25. The van der Waals surface area contributed by atoms with Crippen LogP contribution in [0.2, 0.25) is 5.02 Å². The second-order valence-electron chi connectivity index (χ2n) is 6.50. The van der Waals surface area contributed by atoms with E-state index >= 15 is 0 Å². The summed E-state index contributed by atoms with van der Waals surface area (Å²) in [6.07, 6.45) is 0.215. The molecule has 2 aromatic carbocycles. The van der Waals surface area contributed by atoms with Crippen molar-refractivity contribution in [2.24, 2.45) is 0 Å². The first-order valence-electron chi connectivity index (χ1n) is 9.51. The Morgan fingerprint density at radius 1 is 1.00 bits per heavy atom. The number of benzene rings is 2. The average Bonchev–Trinajstić information content (AvgIpc) is 2.69. The normalized spacial score (nSPS) is 12.4. The Hall–Kier alpha value is -2.18. The number of carboxylic acid groups (broad SMARTS) is 1. The van der Waals surface area contributed by atoms with Gasteiger partial charge in [-0.1, -0.05) is 35.9 Å². The van der Waals surface area contributed by atoms with Crippen LogP contribution in [-0.2, 0) is 31.0 Å². The number of carbonyl (C=O) groups is 2. The molecule has 0 spiro atoms. The van der Waals surface area contributed by atoms with Crippen molar-refractivity contribution in [1.82, 2.24) is 5.32 Å². The zero-order valence-corrected chi connectivity index (χ0v) is 18.5. The van der Waals surface area contributed by atoms with Gasteiger partial charge in [0.1, 0.15) is 6.04 Å². The van der Waals surface area contributed by atoms with Crippen molar-refractivity contribution in [2.45, 2.75) is 32.5 Å². The molecule has 2 rings (SSSR count). The predicted molar refractivity (Wildman–Crippen MR) is 115 cm³/mol. The third-order valence-corrected chi connectivity index (χ3v) is 6.51. The summed E-state index contributed by atoms with van der Waals surface area (Å²) >= 11 is 5.84. The van der Waals surface area contributed by atoms with Crippen LogP contribution in [0.15, 0.2) is 48.5 Å². The molecule has 7 nitrogen and oxygen atoms in total. The van der Waals surface area contributed by atoms with Crippen LogP contribution in [0.25, 0.3) is 0 Å². The highest BCUT2D eigenvalue weighted by atomic mass is 35.5. The van der Waals surface area contributed by atoms with Crippen LogP contribution < -0.4 is 5.32 Å². The van der Waals surface area contributed by atoms with E-state index in [4.69, 9.17) is 20.6 Å². The highest BCUT2D eigenvalue weighted by molar-refractivity contribution is 7.53. The summed E-state index contributed by atoms with van der Waals surface area (Å²) in [6, 6.07) is 12.1. The standard InChI is InChI=1S/C21H25ClNO6P/c1-3-28-30(27,29-4-2)14-16-5-9-17(10-6-16)20(24)23-19(21(25)26)13-15-7-11-18(22)12-8-15/h5-12,19H,3-4,13-14H2,1-2H3,(H,23,24)(H,25,26)/t19-/m1/s1. The van der Waals surface area contributed by atoms with Gasteiger partial charge in [-0.3, -0.25) is 9.36 Å². The van der Waals surface area contributed by atoms with Gasteiger partial charge in [0.2, 0.25) is 0 Å². The second kappa shape index (κ2) is 11.3. The topological polar surface area (TPSA) is 102 Å². The second-order valence-corrected chi connectivity index (χ2v) is 8.99. The lowest BCUT2D eigenvalue weighted by molar-refractivity contribution is -0.139. The van der Waals surface area contributed by atoms with Gasteiger partial charge >= 0.3 is 13.6 Å². The van der Waals surface area contributed by atoms with Crippen molar-refractivity contribution < 1.29 is 28.3 Å². The predicted octanol–water partition coefficient (Wildman–Crippen LogP) is 4.53. The van der Waals surface area contributed by atoms with Crippen LogP contribution in [0.5, 0.6) is 0 Å². The van der Waals surface area contributed by atoms with Gasteiger partial charge in [0.05, 0.1) is 19.4 Å². The molecule has 0 aromatic heterocycles. The Labute approximate surface area is 180 Å². The quantitative estimate of drug-likeness (QED) is 0.484. The molecule has 0 aliphatic carbocycles. The summed E-state index contributed by atoms with van der Waals surface area (Å²) in [5.41, 5.74) is 1.72. The molecule has 0 unspecified atom stereocenters.